The van der Waals surface area contributed by atoms with Crippen LogP contribution in [0.5, 0.6) is 11.8 Å². The van der Waals surface area contributed by atoms with Crippen LogP contribution in [0.25, 0.3) is 27.2 Å². The average Bonchev–Trinajstić information content (AvgIpc) is 3.44. The maximum absolute atomic E-state index is 14.0. The zero-order valence-corrected chi connectivity index (χ0v) is 19.4. The van der Waals surface area contributed by atoms with Gasteiger partial charge in [0.05, 0.1) is 39.5 Å². The van der Waals surface area contributed by atoms with Crippen molar-refractivity contribution in [2.75, 3.05) is 31.2 Å². The van der Waals surface area contributed by atoms with Crippen molar-refractivity contribution in [1.29, 1.82) is 0 Å². The number of hydrogen-bond donors (Lipinski definition) is 0. The van der Waals surface area contributed by atoms with Crippen molar-refractivity contribution in [3.63, 3.8) is 0 Å². The molecule has 1 aliphatic rings. The van der Waals surface area contributed by atoms with Gasteiger partial charge in [-0.2, -0.15) is 15.0 Å². The molecule has 9 nitrogen and oxygen atoms in total. The van der Waals surface area contributed by atoms with Crippen LogP contribution in [-0.4, -0.2) is 55.8 Å². The maximum atomic E-state index is 14.0. The molecule has 178 valence electrons. The lowest BCUT2D eigenvalue weighted by atomic mass is 10.3. The number of para-hydroxylation sites is 2. The van der Waals surface area contributed by atoms with Crippen molar-refractivity contribution in [1.82, 2.24) is 29.5 Å². The summed E-state index contributed by atoms with van der Waals surface area (Å²) in [6.07, 6.45) is -2.83. The number of hydrogen-bond acceptors (Lipinski definition) is 9. The molecule has 1 saturated heterocycles. The molecule has 0 saturated carbocycles. The third-order valence-corrected chi connectivity index (χ3v) is 6.49. The van der Waals surface area contributed by atoms with Gasteiger partial charge in [0, 0.05) is 19.2 Å². The number of rotatable bonds is 5. The van der Waals surface area contributed by atoms with E-state index < -0.39 is 12.2 Å². The Hall–Kier alpha value is -3.77. The minimum absolute atomic E-state index is 0.00562. The summed E-state index contributed by atoms with van der Waals surface area (Å²) in [6.45, 7) is 4.06. The molecule has 0 bridgehead atoms. The molecule has 4 heterocycles. The van der Waals surface area contributed by atoms with Gasteiger partial charge in [0.25, 0.3) is 6.43 Å². The van der Waals surface area contributed by atoms with E-state index in [1.807, 2.05) is 17.9 Å². The SMILES string of the molecule is Cc1nc2cc(Oc3nc(N4CCOCC4)nc(-n4c(C(F)F)nc5ccccc54)n3)ccc2s1. The minimum atomic E-state index is -2.83. The van der Waals surface area contributed by atoms with E-state index in [-0.39, 0.29) is 12.0 Å². The van der Waals surface area contributed by atoms with Crippen LogP contribution in [0.2, 0.25) is 0 Å². The van der Waals surface area contributed by atoms with E-state index in [9.17, 15) is 8.78 Å². The number of thiazole rings is 1. The van der Waals surface area contributed by atoms with E-state index >= 15 is 0 Å². The normalized spacial score (nSPS) is 14.3. The Kier molecular flexibility index (Phi) is 5.46. The van der Waals surface area contributed by atoms with E-state index in [1.54, 1.807) is 47.7 Å². The lowest BCUT2D eigenvalue weighted by molar-refractivity contribution is 0.122. The van der Waals surface area contributed by atoms with Gasteiger partial charge in [-0.05, 0) is 31.2 Å². The first-order valence-corrected chi connectivity index (χ1v) is 11.8. The van der Waals surface area contributed by atoms with E-state index in [0.29, 0.717) is 49.0 Å². The molecular weight excluding hydrogens is 476 g/mol. The fourth-order valence-electron chi connectivity index (χ4n) is 3.98. The van der Waals surface area contributed by atoms with Gasteiger partial charge in [-0.1, -0.05) is 12.1 Å². The lowest BCUT2D eigenvalue weighted by Crippen LogP contribution is -2.37. The summed E-state index contributed by atoms with van der Waals surface area (Å²) in [6, 6.07) is 12.4. The Bertz CT molecular complexity index is 1530. The first kappa shape index (κ1) is 21.7. The number of imidazole rings is 1. The monoisotopic (exact) mass is 495 g/mol. The second kappa shape index (κ2) is 8.78. The van der Waals surface area contributed by atoms with E-state index in [2.05, 4.69) is 24.9 Å². The van der Waals surface area contributed by atoms with E-state index in [0.717, 1.165) is 15.2 Å². The van der Waals surface area contributed by atoms with Gasteiger partial charge in [-0.3, -0.25) is 4.57 Å². The first-order valence-electron chi connectivity index (χ1n) is 10.9. The molecule has 0 radical (unpaired) electrons. The van der Waals surface area contributed by atoms with Crippen LogP contribution in [0.15, 0.2) is 42.5 Å². The third kappa shape index (κ3) is 4.15. The molecule has 1 aliphatic heterocycles. The second-order valence-corrected chi connectivity index (χ2v) is 9.11. The highest BCUT2D eigenvalue weighted by atomic mass is 32.1. The number of nitrogens with zero attached hydrogens (tertiary/aromatic N) is 7. The third-order valence-electron chi connectivity index (χ3n) is 5.54. The topological polar surface area (TPSA) is 91.1 Å². The van der Waals surface area contributed by atoms with Gasteiger partial charge >= 0.3 is 6.01 Å². The van der Waals surface area contributed by atoms with Gasteiger partial charge in [0.1, 0.15) is 5.75 Å². The summed E-state index contributed by atoms with van der Waals surface area (Å²) in [5, 5.41) is 0.945. The number of benzene rings is 2. The molecule has 0 amide bonds. The largest absolute Gasteiger partial charge is 0.424 e. The minimum Gasteiger partial charge on any atom is -0.424 e. The zero-order valence-electron chi connectivity index (χ0n) is 18.6. The number of alkyl halides is 2. The lowest BCUT2D eigenvalue weighted by Gasteiger charge is -2.27. The van der Waals surface area contributed by atoms with Gasteiger partial charge < -0.3 is 14.4 Å². The predicted molar refractivity (Wildman–Crippen MR) is 127 cm³/mol. The maximum Gasteiger partial charge on any atom is 0.328 e. The van der Waals surface area contributed by atoms with Gasteiger partial charge in [0.15, 0.2) is 5.82 Å². The predicted octanol–water partition coefficient (Wildman–Crippen LogP) is 4.70. The fraction of sp³-hybridized carbons (Fsp3) is 0.261. The van der Waals surface area contributed by atoms with Crippen LogP contribution >= 0.6 is 11.3 Å². The highest BCUT2D eigenvalue weighted by Gasteiger charge is 2.25. The molecule has 6 rings (SSSR count). The number of ether oxygens (including phenoxy) is 2. The Morgan fingerprint density at radius 3 is 2.57 bits per heavy atom. The summed E-state index contributed by atoms with van der Waals surface area (Å²) >= 11 is 1.59. The summed E-state index contributed by atoms with van der Waals surface area (Å²) in [5.74, 6) is 0.357. The van der Waals surface area contributed by atoms with Gasteiger partial charge in [-0.25, -0.2) is 18.7 Å². The molecule has 0 aliphatic carbocycles. The van der Waals surface area contributed by atoms with Crippen molar-refractivity contribution >= 4 is 38.5 Å². The van der Waals surface area contributed by atoms with Crippen LogP contribution in [0.3, 0.4) is 0 Å². The Balaban J connectivity index is 1.48. The quantitative estimate of drug-likeness (QED) is 0.347. The number of morpholine rings is 1. The number of aryl methyl sites for hydroxylation is 1. The molecule has 35 heavy (non-hydrogen) atoms. The Morgan fingerprint density at radius 1 is 0.943 bits per heavy atom. The number of fused-ring (bicyclic) bond motifs is 2. The van der Waals surface area contributed by atoms with Gasteiger partial charge in [-0.15, -0.1) is 11.3 Å². The van der Waals surface area contributed by atoms with Crippen molar-refractivity contribution in [3.05, 3.63) is 53.3 Å². The fourth-order valence-corrected chi connectivity index (χ4v) is 4.79. The average molecular weight is 496 g/mol. The Labute approximate surface area is 202 Å². The molecule has 12 heteroatoms. The molecule has 0 atom stereocenters. The van der Waals surface area contributed by atoms with E-state index in [1.165, 1.54) is 4.57 Å². The van der Waals surface area contributed by atoms with Crippen molar-refractivity contribution in [2.24, 2.45) is 0 Å². The summed E-state index contributed by atoms with van der Waals surface area (Å²) in [4.78, 5) is 24.0. The van der Waals surface area contributed by atoms with Crippen LogP contribution in [0.1, 0.15) is 17.3 Å². The molecule has 3 aromatic heterocycles. The number of anilines is 1. The van der Waals surface area contributed by atoms with Crippen molar-refractivity contribution in [3.8, 4) is 17.7 Å². The molecule has 1 fully saturated rings. The smallest absolute Gasteiger partial charge is 0.328 e. The van der Waals surface area contributed by atoms with Crippen LogP contribution in [0.4, 0.5) is 14.7 Å². The van der Waals surface area contributed by atoms with Crippen LogP contribution < -0.4 is 9.64 Å². The number of aromatic nitrogens is 6. The Morgan fingerprint density at radius 2 is 1.74 bits per heavy atom. The molecule has 2 aromatic carbocycles. The number of halogens is 2. The molecule has 0 unspecified atom stereocenters. The van der Waals surface area contributed by atoms with Crippen molar-refractivity contribution < 1.29 is 18.3 Å². The van der Waals surface area contributed by atoms with E-state index in [4.69, 9.17) is 9.47 Å². The first-order chi connectivity index (χ1) is 17.0. The second-order valence-electron chi connectivity index (χ2n) is 7.88. The molecule has 0 N–H and O–H groups in total. The summed E-state index contributed by atoms with van der Waals surface area (Å²) in [7, 11) is 0. The highest BCUT2D eigenvalue weighted by molar-refractivity contribution is 7.18. The standard InChI is InChI=1S/C23H19F2N7O2S/c1-13-26-16-12-14(6-7-18(16)35-13)34-23-29-21(31-8-10-33-11-9-31)28-22(30-23)32-17-5-3-2-4-15(17)27-20(32)19(24)25/h2-7,12,19H,8-11H2,1H3. The van der Waals surface area contributed by atoms with Crippen molar-refractivity contribution in [2.45, 2.75) is 13.3 Å². The molecule has 0 spiro atoms. The molecular formula is C23H19F2N7O2S. The summed E-state index contributed by atoms with van der Waals surface area (Å²) < 4.78 is 41.7. The highest BCUT2D eigenvalue weighted by Crippen LogP contribution is 2.30. The van der Waals surface area contributed by atoms with Crippen LogP contribution in [0, 0.1) is 6.92 Å². The molecule has 5 aromatic rings. The van der Waals surface area contributed by atoms with Gasteiger partial charge in [0.2, 0.25) is 11.9 Å². The zero-order chi connectivity index (χ0) is 23.9. The summed E-state index contributed by atoms with van der Waals surface area (Å²) in [5.41, 5.74) is 1.68. The van der Waals surface area contributed by atoms with Crippen LogP contribution in [-0.2, 0) is 4.74 Å².